The lowest BCUT2D eigenvalue weighted by atomic mass is 9.94. The fraction of sp³-hybridized carbons (Fsp3) is 0. The third-order valence-corrected chi connectivity index (χ3v) is 10.8. The molecule has 5 heteroatoms. The summed E-state index contributed by atoms with van der Waals surface area (Å²) in [5, 5.41) is 6.08. The van der Waals surface area contributed by atoms with Crippen molar-refractivity contribution in [3.8, 4) is 56.4 Å². The summed E-state index contributed by atoms with van der Waals surface area (Å²) >= 11 is 1.84. The SMILES string of the molecule is c1ccc(-c2nc(-c3ccccc3)nc(-c3cccc(-c4cc(-c5cnc6ccc7ccccc7c6c5)cc5c4sc4ccccc45)c3)n2)cc1. The maximum Gasteiger partial charge on any atom is 0.164 e. The summed E-state index contributed by atoms with van der Waals surface area (Å²) < 4.78 is 2.52. The van der Waals surface area contributed by atoms with Gasteiger partial charge in [0.15, 0.2) is 17.5 Å². The predicted molar refractivity (Wildman–Crippen MR) is 213 cm³/mol. The Hall–Kier alpha value is -6.56. The highest BCUT2D eigenvalue weighted by Gasteiger charge is 2.17. The molecule has 0 atom stereocenters. The Kier molecular flexibility index (Phi) is 6.96. The van der Waals surface area contributed by atoms with Crippen LogP contribution in [-0.2, 0) is 0 Å². The van der Waals surface area contributed by atoms with Gasteiger partial charge in [-0.15, -0.1) is 11.3 Å². The minimum Gasteiger partial charge on any atom is -0.256 e. The van der Waals surface area contributed by atoms with Gasteiger partial charge in [0.05, 0.1) is 5.52 Å². The lowest BCUT2D eigenvalue weighted by molar-refractivity contribution is 1.07. The van der Waals surface area contributed by atoms with Gasteiger partial charge >= 0.3 is 0 Å². The Morgan fingerprint density at radius 2 is 0.980 bits per heavy atom. The topological polar surface area (TPSA) is 51.6 Å². The van der Waals surface area contributed by atoms with Crippen molar-refractivity contribution < 1.29 is 0 Å². The average molecular weight is 669 g/mol. The lowest BCUT2D eigenvalue weighted by Gasteiger charge is -2.12. The van der Waals surface area contributed by atoms with Crippen molar-refractivity contribution in [2.75, 3.05) is 0 Å². The fourth-order valence-electron chi connectivity index (χ4n) is 7.01. The van der Waals surface area contributed by atoms with Crippen LogP contribution in [0.3, 0.4) is 0 Å². The van der Waals surface area contributed by atoms with E-state index in [4.69, 9.17) is 19.9 Å². The molecule has 4 nitrogen and oxygen atoms in total. The zero-order valence-electron chi connectivity index (χ0n) is 27.4. The quantitative estimate of drug-likeness (QED) is 0.171. The van der Waals surface area contributed by atoms with Crippen molar-refractivity contribution >= 4 is 53.2 Å². The lowest BCUT2D eigenvalue weighted by Crippen LogP contribution is -2.00. The molecule has 51 heavy (non-hydrogen) atoms. The highest BCUT2D eigenvalue weighted by atomic mass is 32.1. The summed E-state index contributed by atoms with van der Waals surface area (Å²) in [6, 6.07) is 57.2. The van der Waals surface area contributed by atoms with E-state index in [9.17, 15) is 0 Å². The highest BCUT2D eigenvalue weighted by molar-refractivity contribution is 7.26. The van der Waals surface area contributed by atoms with E-state index < -0.39 is 0 Å². The van der Waals surface area contributed by atoms with Crippen LogP contribution in [0.4, 0.5) is 0 Å². The second-order valence-electron chi connectivity index (χ2n) is 12.7. The Morgan fingerprint density at radius 1 is 0.373 bits per heavy atom. The summed E-state index contributed by atoms with van der Waals surface area (Å²) in [7, 11) is 0. The number of rotatable bonds is 5. The van der Waals surface area contributed by atoms with Crippen molar-refractivity contribution in [3.63, 3.8) is 0 Å². The van der Waals surface area contributed by atoms with E-state index in [2.05, 4.69) is 103 Å². The van der Waals surface area contributed by atoms with E-state index in [1.165, 1.54) is 36.5 Å². The zero-order valence-corrected chi connectivity index (χ0v) is 28.2. The molecule has 0 radical (unpaired) electrons. The van der Waals surface area contributed by atoms with Gasteiger partial charge in [0, 0.05) is 59.6 Å². The van der Waals surface area contributed by atoms with E-state index in [0.717, 1.165) is 44.3 Å². The molecule has 0 aliphatic carbocycles. The molecule has 3 aromatic heterocycles. The summed E-state index contributed by atoms with van der Waals surface area (Å²) in [6.45, 7) is 0. The zero-order chi connectivity index (χ0) is 33.7. The molecule has 0 amide bonds. The fourth-order valence-corrected chi connectivity index (χ4v) is 8.23. The van der Waals surface area contributed by atoms with Gasteiger partial charge < -0.3 is 0 Å². The molecule has 7 aromatic carbocycles. The summed E-state index contributed by atoms with van der Waals surface area (Å²) in [4.78, 5) is 19.9. The Bertz CT molecular complexity index is 2860. The van der Waals surface area contributed by atoms with Crippen LogP contribution in [0, 0.1) is 0 Å². The summed E-state index contributed by atoms with van der Waals surface area (Å²) in [5.74, 6) is 1.93. The van der Waals surface area contributed by atoms with Gasteiger partial charge in [0.2, 0.25) is 0 Å². The van der Waals surface area contributed by atoms with E-state index in [1.54, 1.807) is 0 Å². The first-order valence-electron chi connectivity index (χ1n) is 17.0. The second kappa shape index (κ2) is 12.1. The Labute approximate surface area is 298 Å². The number of hydrogen-bond donors (Lipinski definition) is 0. The maximum absolute atomic E-state index is 5.02. The van der Waals surface area contributed by atoms with Crippen LogP contribution in [0.2, 0.25) is 0 Å². The molecule has 0 spiro atoms. The predicted octanol–water partition coefficient (Wildman–Crippen LogP) is 12.3. The molecule has 0 aliphatic rings. The van der Waals surface area contributed by atoms with Gasteiger partial charge in [-0.05, 0) is 58.3 Å². The minimum atomic E-state index is 0.638. The molecule has 0 saturated heterocycles. The average Bonchev–Trinajstić information content (AvgIpc) is 3.59. The molecular weight excluding hydrogens is 641 g/mol. The molecule has 0 N–H and O–H groups in total. The standard InChI is InChI=1S/C46H28N4S/c1-3-13-30(14-4-1)44-48-45(31-15-5-2-6-16-31)50-46(49-44)33-18-11-17-32(24-33)38-25-34(26-40-37-20-9-10-21-42(37)51-43(38)40)35-27-39-36-19-8-7-12-29(36)22-23-41(39)47-28-35/h1-28H. The summed E-state index contributed by atoms with van der Waals surface area (Å²) in [6.07, 6.45) is 2.01. The third-order valence-electron chi connectivity index (χ3n) is 9.53. The van der Waals surface area contributed by atoms with Crippen molar-refractivity contribution in [1.29, 1.82) is 0 Å². The number of aromatic nitrogens is 4. The number of nitrogens with zero attached hydrogens (tertiary/aromatic N) is 4. The van der Waals surface area contributed by atoms with Crippen molar-refractivity contribution in [2.45, 2.75) is 0 Å². The normalized spacial score (nSPS) is 11.5. The first kappa shape index (κ1) is 29.4. The van der Waals surface area contributed by atoms with Crippen LogP contribution in [0.5, 0.6) is 0 Å². The van der Waals surface area contributed by atoms with E-state index in [0.29, 0.717) is 17.5 Å². The molecule has 10 rings (SSSR count). The number of pyridine rings is 1. The molecule has 0 fully saturated rings. The van der Waals surface area contributed by atoms with E-state index >= 15 is 0 Å². The van der Waals surface area contributed by atoms with Crippen LogP contribution in [-0.4, -0.2) is 19.9 Å². The molecule has 0 bridgehead atoms. The highest BCUT2D eigenvalue weighted by Crippen LogP contribution is 2.43. The van der Waals surface area contributed by atoms with Gasteiger partial charge in [-0.2, -0.15) is 0 Å². The first-order valence-corrected chi connectivity index (χ1v) is 17.8. The van der Waals surface area contributed by atoms with Crippen LogP contribution >= 0.6 is 11.3 Å². The van der Waals surface area contributed by atoms with Gasteiger partial charge in [-0.3, -0.25) is 4.98 Å². The largest absolute Gasteiger partial charge is 0.256 e. The van der Waals surface area contributed by atoms with E-state index in [1.807, 2.05) is 78.2 Å². The van der Waals surface area contributed by atoms with Crippen LogP contribution in [0.15, 0.2) is 170 Å². The van der Waals surface area contributed by atoms with Crippen LogP contribution in [0.1, 0.15) is 0 Å². The van der Waals surface area contributed by atoms with Crippen LogP contribution in [0.25, 0.3) is 98.3 Å². The Morgan fingerprint density at radius 3 is 1.75 bits per heavy atom. The number of fused-ring (bicyclic) bond motifs is 6. The number of thiophene rings is 1. The number of hydrogen-bond acceptors (Lipinski definition) is 5. The second-order valence-corrected chi connectivity index (χ2v) is 13.7. The molecule has 3 heterocycles. The molecular formula is C46H28N4S. The number of benzene rings is 7. The molecule has 238 valence electrons. The monoisotopic (exact) mass is 668 g/mol. The smallest absolute Gasteiger partial charge is 0.164 e. The molecule has 10 aromatic rings. The van der Waals surface area contributed by atoms with E-state index in [-0.39, 0.29) is 0 Å². The maximum atomic E-state index is 5.02. The minimum absolute atomic E-state index is 0.638. The first-order chi connectivity index (χ1) is 25.2. The van der Waals surface area contributed by atoms with Gasteiger partial charge in [-0.25, -0.2) is 15.0 Å². The summed E-state index contributed by atoms with van der Waals surface area (Å²) in [5.41, 5.74) is 8.32. The van der Waals surface area contributed by atoms with Crippen molar-refractivity contribution in [3.05, 3.63) is 170 Å². The molecule has 0 saturated carbocycles. The van der Waals surface area contributed by atoms with Gasteiger partial charge in [0.25, 0.3) is 0 Å². The Balaban J connectivity index is 1.17. The van der Waals surface area contributed by atoms with Crippen LogP contribution < -0.4 is 0 Å². The van der Waals surface area contributed by atoms with Gasteiger partial charge in [-0.1, -0.05) is 127 Å². The molecule has 0 aliphatic heterocycles. The molecule has 0 unspecified atom stereocenters. The van der Waals surface area contributed by atoms with Crippen molar-refractivity contribution in [2.24, 2.45) is 0 Å². The van der Waals surface area contributed by atoms with Gasteiger partial charge in [0.1, 0.15) is 0 Å². The van der Waals surface area contributed by atoms with Crippen molar-refractivity contribution in [1.82, 2.24) is 19.9 Å². The third kappa shape index (κ3) is 5.23.